The Balaban J connectivity index is 0.00000217. The number of fused-ring (bicyclic) bond motifs is 1. The lowest BCUT2D eigenvalue weighted by Crippen LogP contribution is -2.57. The first-order valence-electron chi connectivity index (χ1n) is 16.1. The van der Waals surface area contributed by atoms with Crippen molar-refractivity contribution < 1.29 is 42.9 Å². The number of hydrogen-bond donors (Lipinski definition) is 1. The van der Waals surface area contributed by atoms with Crippen molar-refractivity contribution in [3.8, 4) is 11.3 Å². The van der Waals surface area contributed by atoms with E-state index in [0.29, 0.717) is 29.3 Å². The van der Waals surface area contributed by atoms with Crippen molar-refractivity contribution >= 4 is 76.3 Å². The van der Waals surface area contributed by atoms with Crippen molar-refractivity contribution in [1.82, 2.24) is 14.9 Å². The summed E-state index contributed by atoms with van der Waals surface area (Å²) in [6, 6.07) is 13.0. The van der Waals surface area contributed by atoms with Crippen molar-refractivity contribution in [2.24, 2.45) is 0 Å². The Bertz CT molecular complexity index is 1680. The fourth-order valence-corrected chi connectivity index (χ4v) is 5.64. The predicted molar refractivity (Wildman–Crippen MR) is 193 cm³/mol. The maximum atomic E-state index is 13.9. The van der Waals surface area contributed by atoms with E-state index in [1.54, 1.807) is 18.2 Å². The molecule has 51 heavy (non-hydrogen) atoms. The predicted octanol–water partition coefficient (Wildman–Crippen LogP) is 5.29. The van der Waals surface area contributed by atoms with Gasteiger partial charge in [-0.3, -0.25) is 24.0 Å². The summed E-state index contributed by atoms with van der Waals surface area (Å²) in [5, 5.41) is 6.88. The quantitative estimate of drug-likeness (QED) is 0.116. The second kappa shape index (κ2) is 20.8. The Kier molecular flexibility index (Phi) is 17.2. The molecule has 1 aromatic heterocycles. The molecule has 0 aliphatic carbocycles. The van der Waals surface area contributed by atoms with Crippen LogP contribution in [0, 0.1) is 5.41 Å². The standard InChI is InChI=1S/C32H34Cl2N4O9.C2H6.CH3N/c1-18(39)44-15-10-27(45-19(2)40)29(46-20(3)41)30(47-21(4)42)31(43)38-13-11-37(12-14-38)24-7-5-6-22(16-24)28-25-17-23(33)8-9-26(25)35-32(34)36-28;2*1-2/h5-9,16-17,27,29-30H,10-15H2,1-4H3;1-2H3;2H,1H2. The van der Waals surface area contributed by atoms with Gasteiger partial charge in [-0.05, 0) is 48.7 Å². The van der Waals surface area contributed by atoms with E-state index in [-0.39, 0.29) is 31.4 Å². The second-order valence-electron chi connectivity index (χ2n) is 10.7. The molecular formula is C35H43Cl2N5O9. The monoisotopic (exact) mass is 747 g/mol. The van der Waals surface area contributed by atoms with Gasteiger partial charge in [-0.2, -0.15) is 0 Å². The van der Waals surface area contributed by atoms with Crippen LogP contribution in [0.2, 0.25) is 10.3 Å². The van der Waals surface area contributed by atoms with Gasteiger partial charge in [0.05, 0.1) is 17.8 Å². The third-order valence-electron chi connectivity index (χ3n) is 7.23. The summed E-state index contributed by atoms with van der Waals surface area (Å²) in [5.74, 6) is -3.56. The number of anilines is 1. The molecule has 1 N–H and O–H groups in total. The highest BCUT2D eigenvalue weighted by Gasteiger charge is 2.43. The summed E-state index contributed by atoms with van der Waals surface area (Å²) >= 11 is 12.5. The number of benzene rings is 2. The molecule has 1 fully saturated rings. The van der Waals surface area contributed by atoms with Crippen LogP contribution in [0.4, 0.5) is 5.69 Å². The first kappa shape index (κ1) is 42.3. The number of carbonyl (C=O) groups excluding carboxylic acids is 5. The molecule has 1 aliphatic heterocycles. The second-order valence-corrected chi connectivity index (χ2v) is 11.5. The highest BCUT2D eigenvalue weighted by atomic mass is 35.5. The van der Waals surface area contributed by atoms with Crippen LogP contribution >= 0.6 is 23.2 Å². The van der Waals surface area contributed by atoms with E-state index in [4.69, 9.17) is 47.6 Å². The van der Waals surface area contributed by atoms with Gasteiger partial charge in [0, 0.05) is 82.0 Å². The summed E-state index contributed by atoms with van der Waals surface area (Å²) in [4.78, 5) is 73.7. The molecule has 276 valence electrons. The maximum Gasteiger partial charge on any atom is 0.303 e. The molecule has 14 nitrogen and oxygen atoms in total. The molecule has 1 aliphatic rings. The van der Waals surface area contributed by atoms with Crippen molar-refractivity contribution in [2.75, 3.05) is 37.7 Å². The van der Waals surface area contributed by atoms with Gasteiger partial charge in [0.15, 0.2) is 6.10 Å². The Labute approximate surface area is 306 Å². The van der Waals surface area contributed by atoms with E-state index in [1.807, 2.05) is 38.1 Å². The van der Waals surface area contributed by atoms with E-state index < -0.39 is 48.1 Å². The topological polar surface area (TPSA) is 178 Å². The largest absolute Gasteiger partial charge is 0.466 e. The fourth-order valence-electron chi connectivity index (χ4n) is 5.29. The molecule has 16 heteroatoms. The Morgan fingerprint density at radius 3 is 2.04 bits per heavy atom. The Morgan fingerprint density at radius 1 is 0.824 bits per heavy atom. The molecule has 3 unspecified atom stereocenters. The van der Waals surface area contributed by atoms with Gasteiger partial charge in [-0.15, -0.1) is 0 Å². The van der Waals surface area contributed by atoms with Crippen LogP contribution in [0.25, 0.3) is 22.2 Å². The molecular weight excluding hydrogens is 705 g/mol. The van der Waals surface area contributed by atoms with Gasteiger partial charge in [-0.1, -0.05) is 37.6 Å². The third kappa shape index (κ3) is 12.5. The normalized spacial score (nSPS) is 14.0. The number of piperazine rings is 1. The number of ether oxygens (including phenoxy) is 4. The molecule has 3 aromatic rings. The maximum absolute atomic E-state index is 13.9. The van der Waals surface area contributed by atoms with Crippen LogP contribution < -0.4 is 4.90 Å². The summed E-state index contributed by atoms with van der Waals surface area (Å²) < 4.78 is 21.1. The summed E-state index contributed by atoms with van der Waals surface area (Å²) in [6.07, 6.45) is -4.50. The number of esters is 4. The lowest BCUT2D eigenvalue weighted by atomic mass is 10.0. The molecule has 0 bridgehead atoms. The lowest BCUT2D eigenvalue weighted by Gasteiger charge is -2.39. The molecule has 0 spiro atoms. The van der Waals surface area contributed by atoms with Gasteiger partial charge >= 0.3 is 23.9 Å². The lowest BCUT2D eigenvalue weighted by molar-refractivity contribution is -0.190. The Hall–Kier alpha value is -4.82. The molecule has 3 atom stereocenters. The number of nitrogens with zero attached hydrogens (tertiary/aromatic N) is 4. The average Bonchev–Trinajstić information content (AvgIpc) is 3.10. The Morgan fingerprint density at radius 2 is 1.45 bits per heavy atom. The molecule has 0 saturated carbocycles. The number of carbonyl (C=O) groups is 5. The van der Waals surface area contributed by atoms with E-state index in [1.165, 1.54) is 11.8 Å². The van der Waals surface area contributed by atoms with Crippen LogP contribution in [-0.4, -0.2) is 102 Å². The summed E-state index contributed by atoms with van der Waals surface area (Å²) in [5.41, 5.74) is 2.93. The highest BCUT2D eigenvalue weighted by Crippen LogP contribution is 2.32. The van der Waals surface area contributed by atoms with Gasteiger partial charge in [0.1, 0.15) is 6.10 Å². The molecule has 0 radical (unpaired) electrons. The van der Waals surface area contributed by atoms with Gasteiger partial charge in [0.2, 0.25) is 11.4 Å². The zero-order valence-electron chi connectivity index (χ0n) is 29.4. The SMILES string of the molecule is C=N.CC.CC(=O)OCCC(OC(C)=O)C(OC(C)=O)C(OC(C)=O)C(=O)N1CCN(c2cccc(-c3nc(Cl)nc4ccc(Cl)cc34)c2)CC1. The summed E-state index contributed by atoms with van der Waals surface area (Å²) in [6.45, 7) is 12.2. The first-order chi connectivity index (χ1) is 24.3. The van der Waals surface area contributed by atoms with E-state index >= 15 is 0 Å². The van der Waals surface area contributed by atoms with Crippen LogP contribution in [0.15, 0.2) is 42.5 Å². The van der Waals surface area contributed by atoms with E-state index in [9.17, 15) is 24.0 Å². The van der Waals surface area contributed by atoms with Gasteiger partial charge in [0.25, 0.3) is 5.91 Å². The van der Waals surface area contributed by atoms with Crippen molar-refractivity contribution in [1.29, 1.82) is 5.41 Å². The number of aromatic nitrogens is 2. The minimum absolute atomic E-state index is 0.101. The van der Waals surface area contributed by atoms with Crippen LogP contribution in [0.1, 0.15) is 48.0 Å². The summed E-state index contributed by atoms with van der Waals surface area (Å²) in [7, 11) is 0. The van der Waals surface area contributed by atoms with Gasteiger partial charge in [-0.25, -0.2) is 9.97 Å². The van der Waals surface area contributed by atoms with Crippen LogP contribution in [0.3, 0.4) is 0 Å². The third-order valence-corrected chi connectivity index (χ3v) is 7.64. The average molecular weight is 749 g/mol. The molecule has 1 amide bonds. The van der Waals surface area contributed by atoms with E-state index in [0.717, 1.165) is 37.4 Å². The number of halogens is 2. The highest BCUT2D eigenvalue weighted by molar-refractivity contribution is 6.31. The van der Waals surface area contributed by atoms with Crippen LogP contribution in [-0.2, 0) is 42.9 Å². The zero-order chi connectivity index (χ0) is 38.2. The minimum atomic E-state index is -1.63. The molecule has 2 aromatic carbocycles. The number of nitrogens with one attached hydrogen (secondary N) is 1. The number of rotatable bonds is 11. The van der Waals surface area contributed by atoms with E-state index in [2.05, 4.69) is 21.6 Å². The van der Waals surface area contributed by atoms with Crippen molar-refractivity contribution in [3.05, 3.63) is 52.8 Å². The molecule has 1 saturated heterocycles. The van der Waals surface area contributed by atoms with Crippen LogP contribution in [0.5, 0.6) is 0 Å². The zero-order valence-corrected chi connectivity index (χ0v) is 31.0. The van der Waals surface area contributed by atoms with Crippen molar-refractivity contribution in [2.45, 2.75) is 66.3 Å². The number of amides is 1. The number of hydrogen-bond acceptors (Lipinski definition) is 13. The molecule has 2 heterocycles. The smallest absolute Gasteiger partial charge is 0.303 e. The fraction of sp³-hybridized carbons (Fsp3) is 0.429. The first-order valence-corrected chi connectivity index (χ1v) is 16.8. The van der Waals surface area contributed by atoms with Gasteiger partial charge < -0.3 is 34.2 Å². The minimum Gasteiger partial charge on any atom is -0.466 e. The molecule has 4 rings (SSSR count). The van der Waals surface area contributed by atoms with Crippen molar-refractivity contribution in [3.63, 3.8) is 0 Å².